The van der Waals surface area contributed by atoms with Crippen LogP contribution >= 0.6 is 27.7 Å². The summed E-state index contributed by atoms with van der Waals surface area (Å²) < 4.78 is 6.18. The second kappa shape index (κ2) is 5.03. The van der Waals surface area contributed by atoms with E-state index in [4.69, 9.17) is 10.2 Å². The van der Waals surface area contributed by atoms with Gasteiger partial charge in [0.15, 0.2) is 0 Å². The molecule has 2 aromatic rings. The molecule has 84 valence electrons. The Bertz CT molecular complexity index is 471. The predicted octanol–water partition coefficient (Wildman–Crippen LogP) is 3.61. The first-order valence-corrected chi connectivity index (χ1v) is 6.40. The van der Waals surface area contributed by atoms with Gasteiger partial charge >= 0.3 is 0 Å². The SMILES string of the molecule is CC(N)c1ccc(Sc2ncco2)c(Br)c1. The number of oxazole rings is 1. The molecule has 0 aliphatic carbocycles. The molecule has 0 bridgehead atoms. The van der Waals surface area contributed by atoms with Crippen LogP contribution < -0.4 is 5.73 Å². The third-order valence-corrected chi connectivity index (χ3v) is 3.96. The van der Waals surface area contributed by atoms with Crippen LogP contribution in [0.15, 0.2) is 49.7 Å². The number of hydrogen-bond donors (Lipinski definition) is 1. The van der Waals surface area contributed by atoms with Gasteiger partial charge in [-0.2, -0.15) is 0 Å². The lowest BCUT2D eigenvalue weighted by Crippen LogP contribution is -2.04. The molecule has 1 aromatic heterocycles. The predicted molar refractivity (Wildman–Crippen MR) is 67.4 cm³/mol. The zero-order valence-electron chi connectivity index (χ0n) is 8.68. The van der Waals surface area contributed by atoms with E-state index in [2.05, 4.69) is 20.9 Å². The molecule has 1 atom stereocenters. The average molecular weight is 299 g/mol. The molecular weight excluding hydrogens is 288 g/mol. The fraction of sp³-hybridized carbons (Fsp3) is 0.182. The number of aromatic nitrogens is 1. The lowest BCUT2D eigenvalue weighted by molar-refractivity contribution is 0.454. The topological polar surface area (TPSA) is 52.0 Å². The molecule has 0 radical (unpaired) electrons. The van der Waals surface area contributed by atoms with Crippen molar-refractivity contribution in [1.29, 1.82) is 0 Å². The molecular formula is C11H11BrN2OS. The van der Waals surface area contributed by atoms with Crippen LogP contribution in [0.1, 0.15) is 18.5 Å². The molecule has 1 aromatic carbocycles. The Labute approximate surface area is 107 Å². The van der Waals surface area contributed by atoms with E-state index < -0.39 is 0 Å². The van der Waals surface area contributed by atoms with Gasteiger partial charge in [-0.15, -0.1) is 0 Å². The second-order valence-electron chi connectivity index (χ2n) is 3.38. The standard InChI is InChI=1S/C11H11BrN2OS/c1-7(13)8-2-3-10(9(12)6-8)16-11-14-4-5-15-11/h2-7H,13H2,1H3. The summed E-state index contributed by atoms with van der Waals surface area (Å²) in [5.74, 6) is 0. The van der Waals surface area contributed by atoms with Crippen LogP contribution in [0.3, 0.4) is 0 Å². The van der Waals surface area contributed by atoms with Gasteiger partial charge in [-0.3, -0.25) is 0 Å². The first-order valence-electron chi connectivity index (χ1n) is 4.79. The van der Waals surface area contributed by atoms with E-state index in [9.17, 15) is 0 Å². The van der Waals surface area contributed by atoms with E-state index in [1.54, 1.807) is 12.5 Å². The van der Waals surface area contributed by atoms with Crippen LogP contribution in [-0.4, -0.2) is 4.98 Å². The lowest BCUT2D eigenvalue weighted by atomic mass is 10.1. The zero-order valence-corrected chi connectivity index (χ0v) is 11.1. The highest BCUT2D eigenvalue weighted by atomic mass is 79.9. The maximum atomic E-state index is 5.81. The summed E-state index contributed by atoms with van der Waals surface area (Å²) >= 11 is 4.99. The molecule has 0 amide bonds. The molecule has 0 saturated carbocycles. The fourth-order valence-electron chi connectivity index (χ4n) is 1.24. The molecule has 0 saturated heterocycles. The number of nitrogens with two attached hydrogens (primary N) is 1. The molecule has 5 heteroatoms. The van der Waals surface area contributed by atoms with Crippen molar-refractivity contribution in [3.8, 4) is 0 Å². The van der Waals surface area contributed by atoms with E-state index in [0.29, 0.717) is 5.22 Å². The normalized spacial score (nSPS) is 12.7. The van der Waals surface area contributed by atoms with Crippen molar-refractivity contribution in [2.45, 2.75) is 23.1 Å². The number of nitrogens with zero attached hydrogens (tertiary/aromatic N) is 1. The largest absolute Gasteiger partial charge is 0.440 e. The number of halogens is 1. The number of rotatable bonds is 3. The van der Waals surface area contributed by atoms with Crippen LogP contribution in [0.25, 0.3) is 0 Å². The van der Waals surface area contributed by atoms with Crippen molar-refractivity contribution >= 4 is 27.7 Å². The van der Waals surface area contributed by atoms with E-state index in [-0.39, 0.29) is 6.04 Å². The minimum absolute atomic E-state index is 0.0390. The number of hydrogen-bond acceptors (Lipinski definition) is 4. The van der Waals surface area contributed by atoms with E-state index in [0.717, 1.165) is 14.9 Å². The average Bonchev–Trinajstić information content (AvgIpc) is 2.73. The van der Waals surface area contributed by atoms with Crippen LogP contribution in [0.4, 0.5) is 0 Å². The van der Waals surface area contributed by atoms with Gasteiger partial charge in [-0.25, -0.2) is 4.98 Å². The quantitative estimate of drug-likeness (QED) is 0.940. The third kappa shape index (κ3) is 2.66. The maximum Gasteiger partial charge on any atom is 0.260 e. The van der Waals surface area contributed by atoms with Gasteiger partial charge in [0.2, 0.25) is 0 Å². The Hall–Kier alpha value is -0.780. The summed E-state index contributed by atoms with van der Waals surface area (Å²) in [5, 5.41) is 0.634. The Morgan fingerprint density at radius 3 is 2.88 bits per heavy atom. The molecule has 2 N–H and O–H groups in total. The molecule has 16 heavy (non-hydrogen) atoms. The minimum Gasteiger partial charge on any atom is -0.440 e. The van der Waals surface area contributed by atoms with Gasteiger partial charge in [0.25, 0.3) is 5.22 Å². The summed E-state index contributed by atoms with van der Waals surface area (Å²) in [6, 6.07) is 6.09. The highest BCUT2D eigenvalue weighted by Crippen LogP contribution is 2.33. The molecule has 0 aliphatic rings. The minimum atomic E-state index is 0.0390. The first-order chi connectivity index (χ1) is 7.66. The molecule has 3 nitrogen and oxygen atoms in total. The van der Waals surface area contributed by atoms with Crippen LogP contribution in [0.5, 0.6) is 0 Å². The summed E-state index contributed by atoms with van der Waals surface area (Å²) in [5.41, 5.74) is 6.91. The number of benzene rings is 1. The molecule has 0 fully saturated rings. The summed E-state index contributed by atoms with van der Waals surface area (Å²) in [7, 11) is 0. The third-order valence-electron chi connectivity index (χ3n) is 2.09. The second-order valence-corrected chi connectivity index (χ2v) is 5.23. The van der Waals surface area contributed by atoms with Gasteiger partial charge in [0, 0.05) is 15.4 Å². The summed E-state index contributed by atoms with van der Waals surface area (Å²) in [6.07, 6.45) is 3.19. The lowest BCUT2D eigenvalue weighted by Gasteiger charge is -2.08. The van der Waals surface area contributed by atoms with Gasteiger partial charge in [-0.05, 0) is 52.3 Å². The van der Waals surface area contributed by atoms with Crippen molar-refractivity contribution in [2.75, 3.05) is 0 Å². The van der Waals surface area contributed by atoms with E-state index in [1.807, 2.05) is 25.1 Å². The monoisotopic (exact) mass is 298 g/mol. The van der Waals surface area contributed by atoms with Crippen LogP contribution in [0.2, 0.25) is 0 Å². The van der Waals surface area contributed by atoms with Crippen molar-refractivity contribution in [1.82, 2.24) is 4.98 Å². The molecule has 0 aliphatic heterocycles. The fourth-order valence-corrected chi connectivity index (χ4v) is 2.58. The molecule has 0 spiro atoms. The first kappa shape index (κ1) is 11.7. The van der Waals surface area contributed by atoms with Gasteiger partial charge in [0.1, 0.15) is 6.26 Å². The van der Waals surface area contributed by atoms with Gasteiger partial charge < -0.3 is 10.2 Å². The Balaban J connectivity index is 2.23. The van der Waals surface area contributed by atoms with Gasteiger partial charge in [-0.1, -0.05) is 6.07 Å². The molecule has 2 rings (SSSR count). The summed E-state index contributed by atoms with van der Waals surface area (Å²) in [6.45, 7) is 1.96. The molecule has 1 heterocycles. The van der Waals surface area contributed by atoms with Gasteiger partial charge in [0.05, 0.1) is 6.20 Å². The Morgan fingerprint density at radius 2 is 2.31 bits per heavy atom. The van der Waals surface area contributed by atoms with E-state index in [1.165, 1.54) is 11.8 Å². The van der Waals surface area contributed by atoms with Crippen LogP contribution in [-0.2, 0) is 0 Å². The van der Waals surface area contributed by atoms with Crippen molar-refractivity contribution < 1.29 is 4.42 Å². The van der Waals surface area contributed by atoms with Crippen molar-refractivity contribution in [3.63, 3.8) is 0 Å². The Kier molecular flexibility index (Phi) is 3.68. The van der Waals surface area contributed by atoms with Crippen molar-refractivity contribution in [3.05, 3.63) is 40.7 Å². The zero-order chi connectivity index (χ0) is 11.5. The maximum absolute atomic E-state index is 5.81. The molecule has 1 unspecified atom stereocenters. The van der Waals surface area contributed by atoms with Crippen LogP contribution in [0, 0.1) is 0 Å². The summed E-state index contributed by atoms with van der Waals surface area (Å²) in [4.78, 5) is 5.12. The highest BCUT2D eigenvalue weighted by Gasteiger charge is 2.08. The smallest absolute Gasteiger partial charge is 0.260 e. The van der Waals surface area contributed by atoms with E-state index >= 15 is 0 Å². The highest BCUT2D eigenvalue weighted by molar-refractivity contribution is 9.10. The Morgan fingerprint density at radius 1 is 1.50 bits per heavy atom. The van der Waals surface area contributed by atoms with Crippen molar-refractivity contribution in [2.24, 2.45) is 5.73 Å².